The van der Waals surface area contributed by atoms with Gasteiger partial charge in [-0.1, -0.05) is 52.0 Å². The molecule has 24 nitrogen and oxygen atoms in total. The quantitative estimate of drug-likeness (QED) is 0.0472. The van der Waals surface area contributed by atoms with E-state index in [1.807, 2.05) is 78.0 Å². The van der Waals surface area contributed by atoms with Crippen molar-refractivity contribution in [2.24, 2.45) is 58.2 Å². The van der Waals surface area contributed by atoms with Gasteiger partial charge in [0.1, 0.15) is 23.7 Å². The number of pyridine rings is 2. The third kappa shape index (κ3) is 21.0. The van der Waals surface area contributed by atoms with Crippen LogP contribution in [0, 0.1) is 58.2 Å². The maximum absolute atomic E-state index is 14.7. The van der Waals surface area contributed by atoms with Crippen LogP contribution in [0.1, 0.15) is 185 Å². The molecule has 12 rings (SSSR count). The number of carbonyl (C=O) groups is 8. The van der Waals surface area contributed by atoms with Crippen molar-refractivity contribution in [1.82, 2.24) is 29.2 Å². The average Bonchev–Trinajstić information content (AvgIpc) is 1.58. The topological polar surface area (TPSA) is 317 Å². The number of sulfonamides is 2. The molecule has 2 aromatic carbocycles. The summed E-state index contributed by atoms with van der Waals surface area (Å²) in [5, 5.41) is 1.53. The molecule has 624 valence electrons. The number of aromatic nitrogens is 2. The van der Waals surface area contributed by atoms with Gasteiger partial charge in [0.25, 0.3) is 0 Å². The first-order valence-electron chi connectivity index (χ1n) is 39.6. The Balaban J connectivity index is 0.000000225. The molecule has 6 fully saturated rings. The number of ether oxygens (including phenoxy) is 6. The molecule has 32 heteroatoms. The SMILES string of the molecule is CC(C)Oc1ccc2c(O[C@@H]3C[C@H]4C(=O)C[C@]5(C(=O)NS(=O)(=O)C6CC6)C[C@H]5/C=C\CC[C@@H](C)C[C@@H](C)[C@H](CC(=O)O[C@H](C)C(F)(F)F)C(=O)N4C3)nccc2c1.CC(C)Oc1ccc2c(O[C@@H]3C[C@H]4C(=O)C[C@]5(C(=O)NS(=O)(=O)C6CC6)C[C@H]5/C=C\CC[C@H](C)C[C@@H](C)[C@H](CC(=O)O[C@H](C)C(F)(F)F)C(=O)N4C3)nccc2c1. The summed E-state index contributed by atoms with van der Waals surface area (Å²) in [7, 11) is -7.85. The third-order valence-corrected chi connectivity index (χ3v) is 27.0. The molecule has 4 aliphatic heterocycles. The monoisotopic (exact) mass is 1640 g/mol. The summed E-state index contributed by atoms with van der Waals surface area (Å²) in [6.07, 6.45) is -1.71. The zero-order valence-electron chi connectivity index (χ0n) is 65.8. The summed E-state index contributed by atoms with van der Waals surface area (Å²) < 4.78 is 170. The number of hydrogen-bond acceptors (Lipinski definition) is 20. The highest BCUT2D eigenvalue weighted by Gasteiger charge is 2.64. The van der Waals surface area contributed by atoms with Gasteiger partial charge in [-0.3, -0.25) is 47.8 Å². The van der Waals surface area contributed by atoms with Gasteiger partial charge in [-0.2, -0.15) is 26.3 Å². The van der Waals surface area contributed by atoms with E-state index >= 15 is 0 Å². The van der Waals surface area contributed by atoms with Crippen LogP contribution in [0.4, 0.5) is 26.3 Å². The fourth-order valence-corrected chi connectivity index (χ4v) is 19.2. The number of nitrogens with zero attached hydrogens (tertiary/aromatic N) is 4. The van der Waals surface area contributed by atoms with Crippen LogP contribution < -0.4 is 28.4 Å². The number of amides is 4. The lowest BCUT2D eigenvalue weighted by molar-refractivity contribution is -0.216. The fourth-order valence-electron chi connectivity index (χ4n) is 16.4. The zero-order chi connectivity index (χ0) is 82.9. The van der Waals surface area contributed by atoms with Crippen LogP contribution in [0.5, 0.6) is 23.3 Å². The molecule has 2 aromatic heterocycles. The van der Waals surface area contributed by atoms with Crippen molar-refractivity contribution in [1.29, 1.82) is 0 Å². The van der Waals surface area contributed by atoms with E-state index in [0.717, 1.165) is 24.6 Å². The molecule has 4 saturated carbocycles. The minimum absolute atomic E-state index is 0.0111. The molecular weight excluding hydrogens is 1540 g/mol. The Morgan fingerprint density at radius 3 is 1.25 bits per heavy atom. The highest BCUT2D eigenvalue weighted by Crippen LogP contribution is 2.59. The van der Waals surface area contributed by atoms with E-state index in [1.165, 1.54) is 9.80 Å². The van der Waals surface area contributed by atoms with Crippen LogP contribution in [0.2, 0.25) is 0 Å². The maximum atomic E-state index is 14.7. The number of halogens is 6. The number of esters is 2. The first-order chi connectivity index (χ1) is 53.5. The number of rotatable bonds is 20. The van der Waals surface area contributed by atoms with Gasteiger partial charge in [0, 0.05) is 48.8 Å². The van der Waals surface area contributed by atoms with Crippen molar-refractivity contribution in [2.75, 3.05) is 13.1 Å². The molecule has 0 radical (unpaired) electrons. The van der Waals surface area contributed by atoms with Gasteiger partial charge in [0.05, 0.1) is 83.4 Å². The first-order valence-corrected chi connectivity index (χ1v) is 42.7. The van der Waals surface area contributed by atoms with E-state index in [-0.39, 0.29) is 87.4 Å². The van der Waals surface area contributed by atoms with Crippen LogP contribution in [0.15, 0.2) is 85.2 Å². The molecular formula is C82H104F6N6O18S2. The van der Waals surface area contributed by atoms with Crippen molar-refractivity contribution >= 4 is 88.7 Å². The molecule has 4 aromatic rings. The Bertz CT molecular complexity index is 4290. The number of Topliss-reactive ketones (excluding diaryl/α,β-unsaturated/α-hetero) is 2. The molecule has 2 saturated heterocycles. The lowest BCUT2D eigenvalue weighted by Gasteiger charge is -2.32. The number of fused-ring (bicyclic) bond motifs is 6. The summed E-state index contributed by atoms with van der Waals surface area (Å²) in [4.78, 5) is 124. The van der Waals surface area contributed by atoms with Crippen molar-refractivity contribution < 1.29 is 110 Å². The predicted molar refractivity (Wildman–Crippen MR) is 407 cm³/mol. The number of alkyl halides is 6. The zero-order valence-corrected chi connectivity index (χ0v) is 67.5. The van der Waals surface area contributed by atoms with E-state index < -0.39 is 186 Å². The molecule has 4 aliphatic carbocycles. The minimum Gasteiger partial charge on any atom is -0.491 e. The number of nitrogens with one attached hydrogen (secondary N) is 2. The predicted octanol–water partition coefficient (Wildman–Crippen LogP) is 12.9. The highest BCUT2D eigenvalue weighted by atomic mass is 32.2. The number of benzene rings is 2. The first kappa shape index (κ1) is 86.4. The van der Waals surface area contributed by atoms with Crippen LogP contribution in [0.3, 0.4) is 0 Å². The second-order valence-corrected chi connectivity index (χ2v) is 37.4. The molecule has 4 amide bonds. The number of ketones is 2. The van der Waals surface area contributed by atoms with E-state index in [0.29, 0.717) is 86.5 Å². The largest absolute Gasteiger partial charge is 0.491 e. The van der Waals surface area contributed by atoms with Gasteiger partial charge < -0.3 is 38.2 Å². The molecule has 0 spiro atoms. The van der Waals surface area contributed by atoms with Crippen molar-refractivity contribution in [3.8, 4) is 23.3 Å². The molecule has 8 aliphatic rings. The van der Waals surface area contributed by atoms with Crippen molar-refractivity contribution in [3.05, 3.63) is 85.2 Å². The van der Waals surface area contributed by atoms with E-state index in [9.17, 15) is 81.5 Å². The Kier molecular flexibility index (Phi) is 26.4. The van der Waals surface area contributed by atoms with E-state index in [1.54, 1.807) is 62.6 Å². The third-order valence-electron chi connectivity index (χ3n) is 23.3. The summed E-state index contributed by atoms with van der Waals surface area (Å²) in [6.45, 7) is 16.3. The molecule has 114 heavy (non-hydrogen) atoms. The van der Waals surface area contributed by atoms with Gasteiger partial charge in [0.15, 0.2) is 23.8 Å². The maximum Gasteiger partial charge on any atom is 0.425 e. The van der Waals surface area contributed by atoms with E-state index in [2.05, 4.69) is 19.4 Å². The van der Waals surface area contributed by atoms with Crippen molar-refractivity contribution in [2.45, 2.75) is 256 Å². The Morgan fingerprint density at radius 1 is 0.535 bits per heavy atom. The summed E-state index contributed by atoms with van der Waals surface area (Å²) in [5.74, 6) is -8.36. The summed E-state index contributed by atoms with van der Waals surface area (Å²) in [6, 6.07) is 12.1. The molecule has 6 heterocycles. The molecule has 0 unspecified atom stereocenters. The van der Waals surface area contributed by atoms with Gasteiger partial charge in [-0.15, -0.1) is 0 Å². The second-order valence-electron chi connectivity index (χ2n) is 33.5. The lowest BCUT2D eigenvalue weighted by Crippen LogP contribution is -2.47. The summed E-state index contributed by atoms with van der Waals surface area (Å²) in [5.41, 5.74) is -2.71. The van der Waals surface area contributed by atoms with Gasteiger partial charge in [-0.25, -0.2) is 26.8 Å². The van der Waals surface area contributed by atoms with Crippen molar-refractivity contribution in [3.63, 3.8) is 0 Å². The smallest absolute Gasteiger partial charge is 0.425 e. The van der Waals surface area contributed by atoms with Gasteiger partial charge in [0.2, 0.25) is 55.4 Å². The number of hydrogen-bond donors (Lipinski definition) is 2. The number of carbonyl (C=O) groups excluding carboxylic acids is 8. The van der Waals surface area contributed by atoms with Crippen LogP contribution in [-0.4, -0.2) is 168 Å². The lowest BCUT2D eigenvalue weighted by atomic mass is 9.82. The fraction of sp³-hybridized carbons (Fsp3) is 0.634. The Labute approximate surface area is 660 Å². The van der Waals surface area contributed by atoms with Gasteiger partial charge in [-0.05, 0) is 213 Å². The molecule has 2 N–H and O–H groups in total. The van der Waals surface area contributed by atoms with Crippen LogP contribution >= 0.6 is 0 Å². The molecule has 16 atom stereocenters. The normalized spacial score (nSPS) is 29.7. The number of allylic oxidation sites excluding steroid dienone is 4. The average molecular weight is 1640 g/mol. The van der Waals surface area contributed by atoms with Gasteiger partial charge >= 0.3 is 24.3 Å². The molecule has 0 bridgehead atoms. The Hall–Kier alpha value is -8.42. The Morgan fingerprint density at radius 2 is 0.904 bits per heavy atom. The summed E-state index contributed by atoms with van der Waals surface area (Å²) >= 11 is 0. The van der Waals surface area contributed by atoms with Crippen LogP contribution in [0.25, 0.3) is 21.5 Å². The van der Waals surface area contributed by atoms with E-state index in [4.69, 9.17) is 28.4 Å². The minimum atomic E-state index is -4.80. The second kappa shape index (κ2) is 34.8. The highest BCUT2D eigenvalue weighted by molar-refractivity contribution is 7.91. The van der Waals surface area contributed by atoms with Crippen LogP contribution in [-0.2, 0) is 67.9 Å². The standard InChI is InChI=1S/2C41H52F3N3O9S/c2*1-23(2)54-29-10-13-32-27(17-29)14-15-45-37(32)56-30-18-34-35(48)21-40(39(51)46-57(52,53)31-11-12-31)20-28(40)9-7-6-8-24(3)16-25(4)33(38(50)47(34)22-30)19-36(49)55-26(5)41(42,43)44/h2*7,9-10,13-15,17,23-26,28,30-31,33-34H,6,8,11-12,16,18-22H2,1-5H3,(H,46,51)/b2*9-7-/t24-,25+,26+,28+,30+,33-,34-,40+;24-,25-,26-,28-,30-,33+,34+,40-/m01/s1.